The van der Waals surface area contributed by atoms with E-state index in [1.54, 1.807) is 26.0 Å². The number of nitrogens with two attached hydrogens (primary N) is 1. The van der Waals surface area contributed by atoms with Gasteiger partial charge in [0.15, 0.2) is 5.82 Å². The van der Waals surface area contributed by atoms with Gasteiger partial charge in [0.25, 0.3) is 0 Å². The topological polar surface area (TPSA) is 64.7 Å². The fourth-order valence-electron chi connectivity index (χ4n) is 1.67. The third-order valence-corrected chi connectivity index (χ3v) is 3.22. The van der Waals surface area contributed by atoms with Crippen molar-refractivity contribution in [3.8, 4) is 0 Å². The number of nitrogens with zero attached hydrogens (tertiary/aromatic N) is 3. The molecule has 2 aromatic rings. The quantitative estimate of drug-likeness (QED) is 0.679. The maximum atomic E-state index is 6.36. The van der Waals surface area contributed by atoms with Gasteiger partial charge in [-0.3, -0.25) is 0 Å². The third kappa shape index (κ3) is 2.54. The van der Waals surface area contributed by atoms with Gasteiger partial charge in [0.05, 0.1) is 10.7 Å². The molecule has 1 heterocycles. The number of benzene rings is 1. The number of rotatable bonds is 2. The van der Waals surface area contributed by atoms with Gasteiger partial charge in [-0.25, -0.2) is 15.0 Å². The Morgan fingerprint density at radius 2 is 1.72 bits per heavy atom. The number of aryl methyl sites for hydroxylation is 2. The molecule has 18 heavy (non-hydrogen) atoms. The number of anilines is 1. The van der Waals surface area contributed by atoms with Gasteiger partial charge in [-0.05, 0) is 19.9 Å². The molecule has 0 amide bonds. The first kappa shape index (κ1) is 13.1. The third-order valence-electron chi connectivity index (χ3n) is 2.46. The van der Waals surface area contributed by atoms with Crippen molar-refractivity contribution in [2.75, 3.05) is 5.73 Å². The summed E-state index contributed by atoms with van der Waals surface area (Å²) >= 11 is 12.3. The van der Waals surface area contributed by atoms with Gasteiger partial charge in [-0.1, -0.05) is 23.7 Å². The van der Waals surface area contributed by atoms with Crippen molar-refractivity contribution in [1.29, 1.82) is 0 Å². The molecule has 4 nitrogen and oxygen atoms in total. The van der Waals surface area contributed by atoms with Crippen molar-refractivity contribution >= 4 is 28.9 Å². The average Bonchev–Trinajstić information content (AvgIpc) is 2.30. The summed E-state index contributed by atoms with van der Waals surface area (Å²) < 4.78 is 0. The first-order chi connectivity index (χ1) is 8.49. The Kier molecular flexibility index (Phi) is 3.68. The van der Waals surface area contributed by atoms with Gasteiger partial charge in [0.1, 0.15) is 17.0 Å². The molecule has 0 aliphatic heterocycles. The fourth-order valence-corrected chi connectivity index (χ4v) is 2.14. The number of hydrogen-bond acceptors (Lipinski definition) is 4. The minimum absolute atomic E-state index is 0.454. The van der Waals surface area contributed by atoms with Crippen LogP contribution in [-0.4, -0.2) is 15.0 Å². The van der Waals surface area contributed by atoms with Crippen molar-refractivity contribution in [2.45, 2.75) is 19.2 Å². The van der Waals surface area contributed by atoms with Gasteiger partial charge < -0.3 is 5.73 Å². The fraction of sp³-hybridized carbons (Fsp3) is 0.250. The highest BCUT2D eigenvalue weighted by atomic mass is 35.5. The molecule has 0 saturated heterocycles. The van der Waals surface area contributed by atoms with E-state index in [2.05, 4.69) is 15.0 Å². The molecule has 0 fully saturated rings. The molecule has 1 aromatic heterocycles. The maximum Gasteiger partial charge on any atom is 0.154 e. The van der Waals surface area contributed by atoms with E-state index in [9.17, 15) is 0 Å². The molecular weight excluding hydrogens is 271 g/mol. The van der Waals surface area contributed by atoms with E-state index in [-0.39, 0.29) is 0 Å². The summed E-state index contributed by atoms with van der Waals surface area (Å²) in [5.41, 5.74) is 7.07. The van der Waals surface area contributed by atoms with Crippen molar-refractivity contribution in [1.82, 2.24) is 15.0 Å². The molecule has 0 aliphatic carbocycles. The monoisotopic (exact) mass is 282 g/mol. The van der Waals surface area contributed by atoms with E-state index in [4.69, 9.17) is 28.9 Å². The smallest absolute Gasteiger partial charge is 0.154 e. The number of nitrogen functional groups attached to an aromatic ring is 1. The molecule has 0 radical (unpaired) electrons. The van der Waals surface area contributed by atoms with E-state index >= 15 is 0 Å². The molecule has 1 aromatic carbocycles. The first-order valence-corrected chi connectivity index (χ1v) is 6.17. The molecule has 1 unspecified atom stereocenters. The predicted molar refractivity (Wildman–Crippen MR) is 72.9 cm³/mol. The van der Waals surface area contributed by atoms with Crippen LogP contribution in [0.5, 0.6) is 0 Å². The van der Waals surface area contributed by atoms with Crippen LogP contribution in [-0.2, 0) is 0 Å². The summed E-state index contributed by atoms with van der Waals surface area (Å²) in [6.45, 7) is 3.59. The molecule has 0 bridgehead atoms. The molecule has 6 heteroatoms. The van der Waals surface area contributed by atoms with E-state index in [1.165, 1.54) is 0 Å². The second kappa shape index (κ2) is 5.08. The number of para-hydroxylation sites is 1. The highest BCUT2D eigenvalue weighted by Gasteiger charge is 2.18. The zero-order chi connectivity index (χ0) is 13.3. The molecule has 94 valence electrons. The minimum atomic E-state index is -0.538. The lowest BCUT2D eigenvalue weighted by atomic mass is 10.1. The van der Waals surface area contributed by atoms with Crippen molar-refractivity contribution in [2.24, 2.45) is 0 Å². The van der Waals surface area contributed by atoms with Gasteiger partial charge in [-0.2, -0.15) is 0 Å². The van der Waals surface area contributed by atoms with Crippen LogP contribution in [0.2, 0.25) is 5.02 Å². The largest absolute Gasteiger partial charge is 0.397 e. The molecule has 2 rings (SSSR count). The summed E-state index contributed by atoms with van der Waals surface area (Å²) in [5.74, 6) is 1.74. The van der Waals surface area contributed by atoms with Crippen LogP contribution in [0.1, 0.15) is 28.4 Å². The van der Waals surface area contributed by atoms with Crippen LogP contribution < -0.4 is 5.73 Å². The molecule has 0 spiro atoms. The van der Waals surface area contributed by atoms with Crippen molar-refractivity contribution in [3.05, 3.63) is 46.3 Å². The standard InChI is InChI=1S/C12H12Cl2N4/c1-6-16-7(2)18-12(17-6)10(14)8-4-3-5-9(13)11(8)15/h3-5,10H,15H2,1-2H3. The number of aromatic nitrogens is 3. The first-order valence-electron chi connectivity index (χ1n) is 5.36. The number of alkyl halides is 1. The molecule has 2 N–H and O–H groups in total. The van der Waals surface area contributed by atoms with Crippen LogP contribution in [0, 0.1) is 13.8 Å². The van der Waals surface area contributed by atoms with Gasteiger partial charge in [-0.15, -0.1) is 11.6 Å². The Hall–Kier alpha value is -1.39. The van der Waals surface area contributed by atoms with E-state index in [0.29, 0.717) is 33.7 Å². The van der Waals surface area contributed by atoms with Crippen LogP contribution >= 0.6 is 23.2 Å². The van der Waals surface area contributed by atoms with E-state index in [1.807, 2.05) is 6.07 Å². The Morgan fingerprint density at radius 3 is 2.33 bits per heavy atom. The van der Waals surface area contributed by atoms with Gasteiger partial charge in [0.2, 0.25) is 0 Å². The average molecular weight is 283 g/mol. The Labute approximate surface area is 115 Å². The summed E-state index contributed by atoms with van der Waals surface area (Å²) in [5, 5.41) is -0.0650. The molecule has 1 atom stereocenters. The van der Waals surface area contributed by atoms with Crippen LogP contribution in [0.25, 0.3) is 0 Å². The van der Waals surface area contributed by atoms with Crippen molar-refractivity contribution < 1.29 is 0 Å². The zero-order valence-corrected chi connectivity index (χ0v) is 11.5. The minimum Gasteiger partial charge on any atom is -0.397 e. The summed E-state index contributed by atoms with van der Waals surface area (Å²) in [7, 11) is 0. The zero-order valence-electron chi connectivity index (χ0n) is 9.98. The van der Waals surface area contributed by atoms with Crippen LogP contribution in [0.4, 0.5) is 5.69 Å². The normalized spacial score (nSPS) is 12.4. The summed E-state index contributed by atoms with van der Waals surface area (Å²) in [4.78, 5) is 12.6. The Morgan fingerprint density at radius 1 is 1.11 bits per heavy atom. The van der Waals surface area contributed by atoms with Crippen LogP contribution in [0.15, 0.2) is 18.2 Å². The lowest BCUT2D eigenvalue weighted by molar-refractivity contribution is 0.832. The molecule has 0 aliphatic rings. The van der Waals surface area contributed by atoms with Gasteiger partial charge in [0, 0.05) is 5.56 Å². The Bertz CT molecular complexity index is 566. The van der Waals surface area contributed by atoms with Crippen molar-refractivity contribution in [3.63, 3.8) is 0 Å². The Balaban J connectivity index is 2.47. The van der Waals surface area contributed by atoms with E-state index < -0.39 is 5.38 Å². The van der Waals surface area contributed by atoms with E-state index in [0.717, 1.165) is 0 Å². The second-order valence-corrected chi connectivity index (χ2v) is 4.74. The lowest BCUT2D eigenvalue weighted by Gasteiger charge is -2.12. The summed E-state index contributed by atoms with van der Waals surface area (Å²) in [6.07, 6.45) is 0. The second-order valence-electron chi connectivity index (χ2n) is 3.89. The number of hydrogen-bond donors (Lipinski definition) is 1. The SMILES string of the molecule is Cc1nc(C)nc(C(Cl)c2cccc(Cl)c2N)n1. The van der Waals surface area contributed by atoms with Gasteiger partial charge >= 0.3 is 0 Å². The highest BCUT2D eigenvalue weighted by molar-refractivity contribution is 6.33. The lowest BCUT2D eigenvalue weighted by Crippen LogP contribution is -2.07. The molecule has 0 saturated carbocycles. The maximum absolute atomic E-state index is 6.36. The summed E-state index contributed by atoms with van der Waals surface area (Å²) in [6, 6.07) is 5.32. The molecular formula is C12H12Cl2N4. The predicted octanol–water partition coefficient (Wildman–Crippen LogP) is 3.05. The van der Waals surface area contributed by atoms with Crippen LogP contribution in [0.3, 0.4) is 0 Å². The highest BCUT2D eigenvalue weighted by Crippen LogP contribution is 2.34. The number of halogens is 2.